The molecule has 0 aliphatic heterocycles. The van der Waals surface area contributed by atoms with Crippen LogP contribution in [0, 0.1) is 6.92 Å². The van der Waals surface area contributed by atoms with Gasteiger partial charge in [-0.15, -0.1) is 11.3 Å². The number of hydrogen-bond acceptors (Lipinski definition) is 7. The van der Waals surface area contributed by atoms with Gasteiger partial charge >= 0.3 is 0 Å². The molecule has 0 radical (unpaired) electrons. The Kier molecular flexibility index (Phi) is 9.99. The Balaban J connectivity index is 1.18. The molecule has 43 heavy (non-hydrogen) atoms. The smallest absolute Gasteiger partial charge is 0.271 e. The highest BCUT2D eigenvalue weighted by atomic mass is 79.9. The number of anilines is 2. The van der Waals surface area contributed by atoms with Gasteiger partial charge in [-0.25, -0.2) is 10.4 Å². The SMILES string of the molecule is COc1cc(/C=N\NC(=O)c2ccc(-c3csc(Nc4ccc(C)cc4)n3)cc2)c(Br)cc1OCc1ccc(Cl)c(Cl)c1. The van der Waals surface area contributed by atoms with Crippen LogP contribution in [0.5, 0.6) is 11.5 Å². The van der Waals surface area contributed by atoms with Crippen LogP contribution in [0.25, 0.3) is 11.3 Å². The van der Waals surface area contributed by atoms with Gasteiger partial charge in [0, 0.05) is 32.2 Å². The Hall–Kier alpha value is -3.89. The van der Waals surface area contributed by atoms with E-state index in [1.807, 2.05) is 47.8 Å². The molecule has 0 bridgehead atoms. The molecule has 0 aliphatic rings. The number of nitrogens with one attached hydrogen (secondary N) is 2. The van der Waals surface area contributed by atoms with Crippen LogP contribution in [-0.4, -0.2) is 24.2 Å². The molecule has 11 heteroatoms. The molecular weight excluding hydrogens is 671 g/mol. The monoisotopic (exact) mass is 694 g/mol. The maximum atomic E-state index is 12.7. The van der Waals surface area contributed by atoms with Gasteiger partial charge in [0.1, 0.15) is 6.61 Å². The molecule has 1 aromatic heterocycles. The summed E-state index contributed by atoms with van der Waals surface area (Å²) in [6.45, 7) is 2.33. The van der Waals surface area contributed by atoms with Crippen LogP contribution in [0.4, 0.5) is 10.8 Å². The summed E-state index contributed by atoms with van der Waals surface area (Å²) in [5, 5.41) is 11.2. The zero-order chi connectivity index (χ0) is 30.3. The average Bonchev–Trinajstić information content (AvgIpc) is 3.48. The molecule has 2 N–H and O–H groups in total. The molecule has 7 nitrogen and oxygen atoms in total. The first kappa shape index (κ1) is 30.6. The Morgan fingerprint density at radius 3 is 2.49 bits per heavy atom. The van der Waals surface area contributed by atoms with Gasteiger partial charge in [-0.3, -0.25) is 4.79 Å². The standard InChI is InChI=1S/C32H25BrCl2N4O3S/c1-19-3-10-24(11-4-19)37-32-38-28(18-43-32)21-6-8-22(9-7-21)31(40)39-36-16-23-14-29(41-2)30(15-25(23)33)42-17-20-5-12-26(34)27(35)13-20/h3-16,18H,17H2,1-2H3,(H,37,38)(H,39,40)/b36-16-. The van der Waals surface area contributed by atoms with E-state index in [9.17, 15) is 4.79 Å². The first-order valence-corrected chi connectivity index (χ1v) is 15.4. The summed E-state index contributed by atoms with van der Waals surface area (Å²) in [5.74, 6) is 0.693. The van der Waals surface area contributed by atoms with Gasteiger partial charge in [-0.2, -0.15) is 5.10 Å². The predicted octanol–water partition coefficient (Wildman–Crippen LogP) is 9.28. The predicted molar refractivity (Wildman–Crippen MR) is 179 cm³/mol. The lowest BCUT2D eigenvalue weighted by Gasteiger charge is -2.13. The summed E-state index contributed by atoms with van der Waals surface area (Å²) in [5.41, 5.74) is 8.50. The number of hydrazone groups is 1. The molecule has 0 atom stereocenters. The van der Waals surface area contributed by atoms with Crippen molar-refractivity contribution in [3.8, 4) is 22.8 Å². The zero-order valence-electron chi connectivity index (χ0n) is 23.0. The van der Waals surface area contributed by atoms with Gasteiger partial charge in [0.25, 0.3) is 5.91 Å². The molecule has 0 saturated carbocycles. The number of halogens is 3. The molecule has 1 heterocycles. The normalized spacial score (nSPS) is 11.0. The number of carbonyl (C=O) groups is 1. The third-order valence-corrected chi connectivity index (χ3v) is 8.46. The number of methoxy groups -OCH3 is 1. The Morgan fingerprint density at radius 2 is 1.77 bits per heavy atom. The summed E-state index contributed by atoms with van der Waals surface area (Å²) in [7, 11) is 1.55. The van der Waals surface area contributed by atoms with Crippen LogP contribution in [0.2, 0.25) is 10.0 Å². The van der Waals surface area contributed by atoms with E-state index in [4.69, 9.17) is 32.7 Å². The van der Waals surface area contributed by atoms with Crippen molar-refractivity contribution in [2.24, 2.45) is 5.10 Å². The number of aromatic nitrogens is 1. The highest BCUT2D eigenvalue weighted by molar-refractivity contribution is 9.10. The lowest BCUT2D eigenvalue weighted by Crippen LogP contribution is -2.17. The third kappa shape index (κ3) is 7.94. The summed E-state index contributed by atoms with van der Waals surface area (Å²) in [6, 6.07) is 24.2. The minimum Gasteiger partial charge on any atom is -0.493 e. The molecule has 0 fully saturated rings. The van der Waals surface area contributed by atoms with Crippen molar-refractivity contribution < 1.29 is 14.3 Å². The highest BCUT2D eigenvalue weighted by Gasteiger charge is 2.12. The number of amides is 1. The maximum Gasteiger partial charge on any atom is 0.271 e. The first-order valence-electron chi connectivity index (χ1n) is 13.0. The van der Waals surface area contributed by atoms with Crippen LogP contribution >= 0.6 is 50.5 Å². The van der Waals surface area contributed by atoms with Gasteiger partial charge in [0.2, 0.25) is 0 Å². The molecule has 0 aliphatic carbocycles. The lowest BCUT2D eigenvalue weighted by atomic mass is 10.1. The van der Waals surface area contributed by atoms with Crippen molar-refractivity contribution in [2.75, 3.05) is 12.4 Å². The van der Waals surface area contributed by atoms with Crippen molar-refractivity contribution >= 4 is 73.4 Å². The maximum absolute atomic E-state index is 12.7. The van der Waals surface area contributed by atoms with E-state index < -0.39 is 0 Å². The zero-order valence-corrected chi connectivity index (χ0v) is 26.9. The molecule has 4 aromatic carbocycles. The minimum atomic E-state index is -0.340. The molecule has 0 unspecified atom stereocenters. The fourth-order valence-electron chi connectivity index (χ4n) is 3.95. The lowest BCUT2D eigenvalue weighted by molar-refractivity contribution is 0.0955. The van der Waals surface area contributed by atoms with Gasteiger partial charge < -0.3 is 14.8 Å². The molecule has 0 saturated heterocycles. The summed E-state index contributed by atoms with van der Waals surface area (Å²) >= 11 is 17.1. The number of aryl methyl sites for hydroxylation is 1. The quantitative estimate of drug-likeness (QED) is 0.112. The third-order valence-electron chi connectivity index (χ3n) is 6.28. The van der Waals surface area contributed by atoms with Gasteiger partial charge in [0.15, 0.2) is 16.6 Å². The Morgan fingerprint density at radius 1 is 1.00 bits per heavy atom. The second kappa shape index (κ2) is 14.1. The van der Waals surface area contributed by atoms with Crippen molar-refractivity contribution in [2.45, 2.75) is 13.5 Å². The van der Waals surface area contributed by atoms with Gasteiger partial charge in [-0.1, -0.05) is 59.1 Å². The molecule has 0 spiro atoms. The summed E-state index contributed by atoms with van der Waals surface area (Å²) in [6.07, 6.45) is 1.53. The topological polar surface area (TPSA) is 84.8 Å². The Bertz CT molecular complexity index is 1780. The van der Waals surface area contributed by atoms with E-state index in [2.05, 4.69) is 43.7 Å². The van der Waals surface area contributed by atoms with Crippen LogP contribution in [0.3, 0.4) is 0 Å². The number of rotatable bonds is 10. The molecule has 5 rings (SSSR count). The molecule has 218 valence electrons. The fourth-order valence-corrected chi connectivity index (χ4v) is 5.44. The van der Waals surface area contributed by atoms with E-state index >= 15 is 0 Å². The van der Waals surface area contributed by atoms with Gasteiger partial charge in [-0.05, 0) is 76.9 Å². The van der Waals surface area contributed by atoms with E-state index in [1.165, 1.54) is 23.1 Å². The van der Waals surface area contributed by atoms with Gasteiger partial charge in [0.05, 0.1) is 29.1 Å². The van der Waals surface area contributed by atoms with E-state index in [1.54, 1.807) is 43.5 Å². The number of hydrogen-bond donors (Lipinski definition) is 2. The fraction of sp³-hybridized carbons (Fsp3) is 0.0938. The number of thiazole rings is 1. The summed E-state index contributed by atoms with van der Waals surface area (Å²) in [4.78, 5) is 17.4. The van der Waals surface area contributed by atoms with Crippen molar-refractivity contribution in [1.82, 2.24) is 10.4 Å². The second-order valence-corrected chi connectivity index (χ2v) is 11.9. The average molecular weight is 696 g/mol. The summed E-state index contributed by atoms with van der Waals surface area (Å²) < 4.78 is 12.1. The van der Waals surface area contributed by atoms with Crippen LogP contribution < -0.4 is 20.2 Å². The van der Waals surface area contributed by atoms with E-state index in [0.29, 0.717) is 37.1 Å². The van der Waals surface area contributed by atoms with Crippen LogP contribution in [0.1, 0.15) is 27.0 Å². The minimum absolute atomic E-state index is 0.274. The largest absolute Gasteiger partial charge is 0.493 e. The molecule has 1 amide bonds. The molecule has 5 aromatic rings. The number of benzene rings is 4. The van der Waals surface area contributed by atoms with E-state index in [-0.39, 0.29) is 12.5 Å². The number of ether oxygens (including phenoxy) is 2. The van der Waals surface area contributed by atoms with Crippen molar-refractivity contribution in [3.63, 3.8) is 0 Å². The second-order valence-electron chi connectivity index (χ2n) is 9.37. The molecular formula is C32H25BrCl2N4O3S. The van der Waals surface area contributed by atoms with E-state index in [0.717, 1.165) is 27.6 Å². The first-order chi connectivity index (χ1) is 20.8. The van der Waals surface area contributed by atoms with Crippen molar-refractivity contribution in [3.05, 3.63) is 121 Å². The van der Waals surface area contributed by atoms with Crippen LogP contribution in [0.15, 0.2) is 93.8 Å². The highest BCUT2D eigenvalue weighted by Crippen LogP contribution is 2.34. The van der Waals surface area contributed by atoms with Crippen LogP contribution in [-0.2, 0) is 6.61 Å². The Labute approximate surface area is 271 Å². The number of carbonyl (C=O) groups excluding carboxylic acids is 1. The van der Waals surface area contributed by atoms with Crippen molar-refractivity contribution in [1.29, 1.82) is 0 Å². The number of nitrogens with zero attached hydrogens (tertiary/aromatic N) is 2.